The topological polar surface area (TPSA) is 124 Å². The number of aliphatic hydroxyl groups is 2. The molecule has 0 fully saturated rings. The molecule has 4 N–H and O–H groups in total. The van der Waals surface area contributed by atoms with Gasteiger partial charge in [0.05, 0.1) is 12.5 Å². The van der Waals surface area contributed by atoms with Gasteiger partial charge in [0.1, 0.15) is 24.0 Å². The summed E-state index contributed by atoms with van der Waals surface area (Å²) in [6.45, 7) is 3.54. The molecule has 2 atom stereocenters. The summed E-state index contributed by atoms with van der Waals surface area (Å²) >= 11 is 0. The Bertz CT molecular complexity index is 516. The molecule has 0 aromatic heterocycles. The summed E-state index contributed by atoms with van der Waals surface area (Å²) in [4.78, 5) is 21.7. The molecule has 25 heavy (non-hydrogen) atoms. The van der Waals surface area contributed by atoms with Crippen LogP contribution in [0.2, 0.25) is 0 Å². The number of aromatic carboxylic acids is 1. The van der Waals surface area contributed by atoms with Gasteiger partial charge in [-0.15, -0.1) is 0 Å². The summed E-state index contributed by atoms with van der Waals surface area (Å²) in [5.41, 5.74) is -0.0671. The number of carbonyl (C=O) groups is 2. The van der Waals surface area contributed by atoms with Gasteiger partial charge in [0, 0.05) is 0 Å². The highest BCUT2D eigenvalue weighted by atomic mass is 16.5. The predicted molar refractivity (Wildman–Crippen MR) is 92.4 cm³/mol. The molecule has 0 saturated heterocycles. The van der Waals surface area contributed by atoms with Gasteiger partial charge in [-0.2, -0.15) is 0 Å². The maximum Gasteiger partial charge on any atom is 0.339 e. The van der Waals surface area contributed by atoms with Crippen molar-refractivity contribution in [1.82, 2.24) is 0 Å². The fourth-order valence-corrected chi connectivity index (χ4v) is 1.94. The van der Waals surface area contributed by atoms with Gasteiger partial charge in [-0.05, 0) is 25.0 Å². The number of para-hydroxylation sites is 1. The Morgan fingerprint density at radius 2 is 1.84 bits per heavy atom. The number of phenols is 1. The van der Waals surface area contributed by atoms with E-state index in [9.17, 15) is 9.59 Å². The van der Waals surface area contributed by atoms with E-state index in [4.69, 9.17) is 25.2 Å². The number of rotatable bonds is 9. The summed E-state index contributed by atoms with van der Waals surface area (Å²) in [5, 5.41) is 34.9. The van der Waals surface area contributed by atoms with Crippen molar-refractivity contribution in [2.45, 2.75) is 45.6 Å². The summed E-state index contributed by atoms with van der Waals surface area (Å²) in [7, 11) is 0. The van der Waals surface area contributed by atoms with Crippen LogP contribution >= 0.6 is 0 Å². The molecule has 142 valence electrons. The average molecular weight is 356 g/mol. The van der Waals surface area contributed by atoms with Crippen LogP contribution in [0.1, 0.15) is 49.9 Å². The number of aliphatic hydroxyl groups excluding tert-OH is 2. The lowest BCUT2D eigenvalue weighted by Gasteiger charge is -2.15. The van der Waals surface area contributed by atoms with E-state index in [2.05, 4.69) is 6.92 Å². The molecule has 0 aliphatic heterocycles. The van der Waals surface area contributed by atoms with Crippen LogP contribution < -0.4 is 0 Å². The zero-order valence-corrected chi connectivity index (χ0v) is 14.7. The lowest BCUT2D eigenvalue weighted by Crippen LogP contribution is -2.25. The Kier molecular flexibility index (Phi) is 12.1. The van der Waals surface area contributed by atoms with Gasteiger partial charge in [0.2, 0.25) is 0 Å². The number of ether oxygens (including phenoxy) is 1. The highest BCUT2D eigenvalue weighted by Crippen LogP contribution is 2.15. The Morgan fingerprint density at radius 3 is 2.28 bits per heavy atom. The Hall–Kier alpha value is -2.12. The van der Waals surface area contributed by atoms with Crippen LogP contribution in [0.15, 0.2) is 24.3 Å². The van der Waals surface area contributed by atoms with Crippen molar-refractivity contribution < 1.29 is 34.8 Å². The third kappa shape index (κ3) is 9.69. The molecule has 0 aliphatic rings. The quantitative estimate of drug-likeness (QED) is 0.500. The Balaban J connectivity index is 0.000000496. The first-order valence-electron chi connectivity index (χ1n) is 8.34. The average Bonchev–Trinajstić information content (AvgIpc) is 2.60. The molecule has 7 heteroatoms. The molecular formula is C18H28O7. The molecule has 0 radical (unpaired) electrons. The van der Waals surface area contributed by atoms with Crippen molar-refractivity contribution in [2.75, 3.05) is 13.2 Å². The molecule has 0 saturated carbocycles. The van der Waals surface area contributed by atoms with Crippen molar-refractivity contribution in [1.29, 1.82) is 0 Å². The number of esters is 1. The third-order valence-electron chi connectivity index (χ3n) is 3.50. The van der Waals surface area contributed by atoms with Crippen molar-refractivity contribution in [2.24, 2.45) is 5.92 Å². The highest BCUT2D eigenvalue weighted by Gasteiger charge is 2.18. The zero-order valence-electron chi connectivity index (χ0n) is 14.7. The first-order chi connectivity index (χ1) is 11.9. The number of carboxylic acid groups (broad SMARTS) is 1. The van der Waals surface area contributed by atoms with Gasteiger partial charge in [-0.3, -0.25) is 4.79 Å². The third-order valence-corrected chi connectivity index (χ3v) is 3.50. The minimum atomic E-state index is -1.11. The van der Waals surface area contributed by atoms with E-state index < -0.39 is 12.1 Å². The molecule has 1 aromatic carbocycles. The SMILES string of the molecule is CCCCC(CC)C(=O)OCC(O)CO.O=C(O)c1ccccc1O. The summed E-state index contributed by atoms with van der Waals surface area (Å²) in [6, 6.07) is 5.81. The van der Waals surface area contributed by atoms with Crippen LogP contribution in [0.4, 0.5) is 0 Å². The van der Waals surface area contributed by atoms with Crippen LogP contribution in [0, 0.1) is 5.92 Å². The number of benzene rings is 1. The normalized spacial score (nSPS) is 12.5. The zero-order chi connectivity index (χ0) is 19.2. The summed E-state index contributed by atoms with van der Waals surface area (Å²) in [5.74, 6) is -1.65. The van der Waals surface area contributed by atoms with Gasteiger partial charge < -0.3 is 25.2 Å². The van der Waals surface area contributed by atoms with Crippen molar-refractivity contribution >= 4 is 11.9 Å². The van der Waals surface area contributed by atoms with Crippen LogP contribution in [0.3, 0.4) is 0 Å². The molecule has 0 heterocycles. The van der Waals surface area contributed by atoms with E-state index in [1.54, 1.807) is 12.1 Å². The number of carboxylic acids is 1. The molecule has 1 aromatic rings. The number of unbranched alkanes of at least 4 members (excludes halogenated alkanes) is 1. The maximum atomic E-state index is 11.5. The van der Waals surface area contributed by atoms with Crippen LogP contribution in [0.5, 0.6) is 5.75 Å². The molecule has 0 bridgehead atoms. The van der Waals surface area contributed by atoms with Crippen molar-refractivity contribution in [3.8, 4) is 5.75 Å². The van der Waals surface area contributed by atoms with Gasteiger partial charge in [0.25, 0.3) is 0 Å². The van der Waals surface area contributed by atoms with Crippen LogP contribution in [-0.4, -0.2) is 51.7 Å². The number of hydrogen-bond donors (Lipinski definition) is 4. The lowest BCUT2D eigenvalue weighted by atomic mass is 10.00. The van der Waals surface area contributed by atoms with E-state index in [-0.39, 0.29) is 36.4 Å². The monoisotopic (exact) mass is 356 g/mol. The number of aromatic hydroxyl groups is 1. The highest BCUT2D eigenvalue weighted by molar-refractivity contribution is 5.90. The van der Waals surface area contributed by atoms with Gasteiger partial charge in [-0.1, -0.05) is 38.8 Å². The van der Waals surface area contributed by atoms with Crippen molar-refractivity contribution in [3.63, 3.8) is 0 Å². The molecule has 2 unspecified atom stereocenters. The largest absolute Gasteiger partial charge is 0.507 e. The van der Waals surface area contributed by atoms with Gasteiger partial charge in [-0.25, -0.2) is 4.79 Å². The first-order valence-corrected chi connectivity index (χ1v) is 8.34. The molecule has 0 spiro atoms. The molecule has 1 rings (SSSR count). The van der Waals surface area contributed by atoms with E-state index >= 15 is 0 Å². The molecule has 0 aliphatic carbocycles. The van der Waals surface area contributed by atoms with E-state index in [1.807, 2.05) is 6.92 Å². The van der Waals surface area contributed by atoms with Crippen molar-refractivity contribution in [3.05, 3.63) is 29.8 Å². The number of carbonyl (C=O) groups excluding carboxylic acids is 1. The Labute approximate surface area is 147 Å². The van der Waals surface area contributed by atoms with Crippen LogP contribution in [0.25, 0.3) is 0 Å². The van der Waals surface area contributed by atoms with Gasteiger partial charge >= 0.3 is 11.9 Å². The van der Waals surface area contributed by atoms with Gasteiger partial charge in [0.15, 0.2) is 0 Å². The molecular weight excluding hydrogens is 328 g/mol. The molecule has 7 nitrogen and oxygen atoms in total. The summed E-state index contributed by atoms with van der Waals surface area (Å²) in [6.07, 6.45) is 2.70. The second kappa shape index (κ2) is 13.2. The number of hydrogen-bond acceptors (Lipinski definition) is 6. The Morgan fingerprint density at radius 1 is 1.20 bits per heavy atom. The fourth-order valence-electron chi connectivity index (χ4n) is 1.94. The molecule has 0 amide bonds. The maximum absolute atomic E-state index is 11.5. The second-order valence-electron chi connectivity index (χ2n) is 5.54. The summed E-state index contributed by atoms with van der Waals surface area (Å²) < 4.78 is 4.90. The van der Waals surface area contributed by atoms with E-state index in [0.29, 0.717) is 0 Å². The minimum absolute atomic E-state index is 0.0671. The smallest absolute Gasteiger partial charge is 0.339 e. The van der Waals surface area contributed by atoms with Crippen LogP contribution in [-0.2, 0) is 9.53 Å². The fraction of sp³-hybridized carbons (Fsp3) is 0.556. The van der Waals surface area contributed by atoms with E-state index in [0.717, 1.165) is 25.7 Å². The standard InChI is InChI=1S/C11H22O4.C7H6O3/c1-3-5-6-9(4-2)11(14)15-8-10(13)7-12;8-6-4-2-1-3-5(6)7(9)10/h9-10,12-13H,3-8H2,1-2H3;1-4,8H,(H,9,10). The first kappa shape index (κ1) is 22.9. The second-order valence-corrected chi connectivity index (χ2v) is 5.54. The lowest BCUT2D eigenvalue weighted by molar-refractivity contribution is -0.152. The predicted octanol–water partition coefficient (Wildman–Crippen LogP) is 2.19. The van der Waals surface area contributed by atoms with E-state index in [1.165, 1.54) is 12.1 Å². The minimum Gasteiger partial charge on any atom is -0.507 e.